The average Bonchev–Trinajstić information content (AvgIpc) is 2.71. The van der Waals surface area contributed by atoms with Gasteiger partial charge in [0, 0.05) is 48.5 Å². The molecule has 0 spiro atoms. The molecule has 2 aromatic carbocycles. The van der Waals surface area contributed by atoms with E-state index in [1.54, 1.807) is 49.6 Å². The van der Waals surface area contributed by atoms with Gasteiger partial charge in [0.15, 0.2) is 9.84 Å². The molecule has 0 aliphatic rings. The van der Waals surface area contributed by atoms with Crippen molar-refractivity contribution in [1.82, 2.24) is 4.57 Å². The first-order valence-electron chi connectivity index (χ1n) is 9.54. The van der Waals surface area contributed by atoms with Crippen LogP contribution in [0.2, 0.25) is 5.02 Å². The number of aromatic nitrogens is 1. The van der Waals surface area contributed by atoms with Crippen molar-refractivity contribution in [2.75, 3.05) is 6.26 Å². The van der Waals surface area contributed by atoms with Crippen LogP contribution in [0.3, 0.4) is 0 Å². The lowest BCUT2D eigenvalue weighted by Crippen LogP contribution is -2.18. The predicted molar refractivity (Wildman–Crippen MR) is 122 cm³/mol. The monoisotopic (exact) mass is 458 g/mol. The summed E-state index contributed by atoms with van der Waals surface area (Å²) in [7, 11) is -1.69. The number of hydrogen-bond donors (Lipinski definition) is 1. The zero-order valence-corrected chi connectivity index (χ0v) is 19.0. The number of benzene rings is 2. The summed E-state index contributed by atoms with van der Waals surface area (Å²) in [5.41, 5.74) is 3.66. The lowest BCUT2D eigenvalue weighted by Gasteiger charge is -2.21. The Hall–Kier alpha value is -2.90. The molecule has 1 unspecified atom stereocenters. The number of pyridine rings is 1. The molecule has 8 heteroatoms. The standard InChI is InChI=1S/C23H23ClN2O4S/c1-15-12-18(24)7-10-20(15)21(16-4-8-19(9-5-16)31(3,29)30)13-22(25-28)17-6-11-23(27)26(2)14-17/h4-12,14,21,28H,13H2,1-3H3. The highest BCUT2D eigenvalue weighted by atomic mass is 35.5. The molecule has 1 aromatic heterocycles. The van der Waals surface area contributed by atoms with Crippen molar-refractivity contribution < 1.29 is 13.6 Å². The molecule has 0 aliphatic heterocycles. The van der Waals surface area contributed by atoms with Gasteiger partial charge >= 0.3 is 0 Å². The van der Waals surface area contributed by atoms with E-state index in [0.29, 0.717) is 22.7 Å². The Bertz CT molecular complexity index is 1300. The number of aryl methyl sites for hydroxylation is 2. The smallest absolute Gasteiger partial charge is 0.250 e. The molecule has 1 heterocycles. The summed E-state index contributed by atoms with van der Waals surface area (Å²) in [5, 5.41) is 13.9. The zero-order valence-electron chi connectivity index (χ0n) is 17.4. The molecular weight excluding hydrogens is 436 g/mol. The molecule has 31 heavy (non-hydrogen) atoms. The minimum Gasteiger partial charge on any atom is -0.411 e. The van der Waals surface area contributed by atoms with E-state index in [4.69, 9.17) is 11.6 Å². The minimum absolute atomic E-state index is 0.164. The maximum Gasteiger partial charge on any atom is 0.250 e. The van der Waals surface area contributed by atoms with Crippen molar-refractivity contribution in [3.8, 4) is 0 Å². The Kier molecular flexibility index (Phi) is 6.67. The van der Waals surface area contributed by atoms with Gasteiger partial charge in [0.25, 0.3) is 0 Å². The molecule has 0 amide bonds. The normalized spacial score (nSPS) is 13.2. The number of nitrogens with zero attached hydrogens (tertiary/aromatic N) is 2. The average molecular weight is 459 g/mol. The van der Waals surface area contributed by atoms with Gasteiger partial charge < -0.3 is 9.77 Å². The van der Waals surface area contributed by atoms with Crippen LogP contribution in [0.5, 0.6) is 0 Å². The molecule has 0 fully saturated rings. The Labute approximate surface area is 186 Å². The van der Waals surface area contributed by atoms with Crippen molar-refractivity contribution in [2.45, 2.75) is 24.2 Å². The molecule has 3 rings (SSSR count). The van der Waals surface area contributed by atoms with Crippen LogP contribution in [0.25, 0.3) is 0 Å². The molecular formula is C23H23ClN2O4S. The summed E-state index contributed by atoms with van der Waals surface area (Å²) in [6.45, 7) is 1.95. The SMILES string of the molecule is Cc1cc(Cl)ccc1C(CC(=NO)c1ccc(=O)n(C)c1)c1ccc(S(C)(=O)=O)cc1. The highest BCUT2D eigenvalue weighted by Crippen LogP contribution is 2.33. The van der Waals surface area contributed by atoms with Crippen molar-refractivity contribution in [3.05, 3.63) is 98.4 Å². The van der Waals surface area contributed by atoms with Crippen LogP contribution in [-0.4, -0.2) is 30.2 Å². The Morgan fingerprint density at radius 1 is 1.13 bits per heavy atom. The molecule has 1 N–H and O–H groups in total. The third kappa shape index (κ3) is 5.24. The molecule has 0 saturated carbocycles. The molecule has 0 saturated heterocycles. The van der Waals surface area contributed by atoms with E-state index in [0.717, 1.165) is 16.7 Å². The van der Waals surface area contributed by atoms with E-state index >= 15 is 0 Å². The molecule has 162 valence electrons. The molecule has 1 atom stereocenters. The summed E-state index contributed by atoms with van der Waals surface area (Å²) in [6.07, 6.45) is 3.12. The molecule has 0 bridgehead atoms. The number of hydrogen-bond acceptors (Lipinski definition) is 5. The summed E-state index contributed by atoms with van der Waals surface area (Å²) < 4.78 is 25.1. The van der Waals surface area contributed by atoms with Crippen LogP contribution < -0.4 is 5.56 Å². The third-order valence-corrected chi connectivity index (χ3v) is 6.62. The Balaban J connectivity index is 2.09. The van der Waals surface area contributed by atoms with Gasteiger partial charge in [0.2, 0.25) is 5.56 Å². The summed E-state index contributed by atoms with van der Waals surface area (Å²) >= 11 is 6.14. The van der Waals surface area contributed by atoms with Crippen LogP contribution in [0.15, 0.2) is 75.6 Å². The highest BCUT2D eigenvalue weighted by molar-refractivity contribution is 7.90. The molecule has 0 radical (unpaired) electrons. The van der Waals surface area contributed by atoms with Crippen molar-refractivity contribution in [3.63, 3.8) is 0 Å². The van der Waals surface area contributed by atoms with Gasteiger partial charge in [0.05, 0.1) is 10.6 Å². The first kappa shape index (κ1) is 22.8. The van der Waals surface area contributed by atoms with E-state index in [1.165, 1.54) is 16.9 Å². The second-order valence-electron chi connectivity index (χ2n) is 7.51. The first-order valence-corrected chi connectivity index (χ1v) is 11.8. The van der Waals surface area contributed by atoms with Crippen molar-refractivity contribution in [1.29, 1.82) is 0 Å². The minimum atomic E-state index is -3.32. The second kappa shape index (κ2) is 9.08. The van der Waals surface area contributed by atoms with Gasteiger partial charge in [-0.05, 0) is 53.9 Å². The topological polar surface area (TPSA) is 88.7 Å². The van der Waals surface area contributed by atoms with Crippen LogP contribution in [0.1, 0.15) is 34.6 Å². The quantitative estimate of drug-likeness (QED) is 0.341. The van der Waals surface area contributed by atoms with Gasteiger partial charge in [-0.1, -0.05) is 35.0 Å². The van der Waals surface area contributed by atoms with Crippen molar-refractivity contribution >= 4 is 27.1 Å². The van der Waals surface area contributed by atoms with Crippen LogP contribution >= 0.6 is 11.6 Å². The Morgan fingerprint density at radius 2 is 1.81 bits per heavy atom. The van der Waals surface area contributed by atoms with Gasteiger partial charge in [-0.2, -0.15) is 0 Å². The van der Waals surface area contributed by atoms with E-state index in [2.05, 4.69) is 5.16 Å². The fourth-order valence-corrected chi connectivity index (χ4v) is 4.42. The van der Waals surface area contributed by atoms with E-state index < -0.39 is 9.84 Å². The van der Waals surface area contributed by atoms with E-state index in [-0.39, 0.29) is 16.4 Å². The predicted octanol–water partition coefficient (Wildman–Crippen LogP) is 4.15. The van der Waals surface area contributed by atoms with Gasteiger partial charge in [-0.25, -0.2) is 8.42 Å². The van der Waals surface area contributed by atoms with Gasteiger partial charge in [-0.3, -0.25) is 4.79 Å². The molecule has 3 aromatic rings. The van der Waals surface area contributed by atoms with E-state index in [9.17, 15) is 18.4 Å². The molecule has 6 nitrogen and oxygen atoms in total. The van der Waals surface area contributed by atoms with Crippen LogP contribution in [0.4, 0.5) is 0 Å². The summed E-state index contributed by atoms with van der Waals surface area (Å²) in [4.78, 5) is 12.0. The maximum atomic E-state index is 11.8. The van der Waals surface area contributed by atoms with Crippen LogP contribution in [0, 0.1) is 6.92 Å². The molecule has 0 aliphatic carbocycles. The number of oxime groups is 1. The fourth-order valence-electron chi connectivity index (χ4n) is 3.56. The Morgan fingerprint density at radius 3 is 2.35 bits per heavy atom. The van der Waals surface area contributed by atoms with E-state index in [1.807, 2.05) is 19.1 Å². The largest absolute Gasteiger partial charge is 0.411 e. The van der Waals surface area contributed by atoms with Crippen molar-refractivity contribution in [2.24, 2.45) is 12.2 Å². The lowest BCUT2D eigenvalue weighted by molar-refractivity contribution is 0.317. The van der Waals surface area contributed by atoms with Crippen LogP contribution in [-0.2, 0) is 16.9 Å². The van der Waals surface area contributed by atoms with Gasteiger partial charge in [0.1, 0.15) is 0 Å². The highest BCUT2D eigenvalue weighted by Gasteiger charge is 2.21. The second-order valence-corrected chi connectivity index (χ2v) is 9.96. The summed E-state index contributed by atoms with van der Waals surface area (Å²) in [6, 6.07) is 15.3. The number of halogens is 1. The number of sulfone groups is 1. The zero-order chi connectivity index (χ0) is 22.8. The lowest BCUT2D eigenvalue weighted by atomic mass is 9.83. The fraction of sp³-hybridized carbons (Fsp3) is 0.217. The number of rotatable bonds is 6. The van der Waals surface area contributed by atoms with Gasteiger partial charge in [-0.15, -0.1) is 0 Å². The third-order valence-electron chi connectivity index (χ3n) is 5.26. The summed E-state index contributed by atoms with van der Waals surface area (Å²) in [5.74, 6) is -0.228. The first-order chi connectivity index (χ1) is 14.6. The maximum absolute atomic E-state index is 11.8.